The molecule has 2 aromatic carbocycles. The Bertz CT molecular complexity index is 699. The second kappa shape index (κ2) is 4.74. The fourth-order valence-corrected chi connectivity index (χ4v) is 2.02. The molecule has 0 unspecified atom stereocenters. The van der Waals surface area contributed by atoms with Gasteiger partial charge in [0, 0.05) is 6.07 Å². The van der Waals surface area contributed by atoms with Crippen molar-refractivity contribution in [1.82, 2.24) is 0 Å². The molecule has 4 nitrogen and oxygen atoms in total. The van der Waals surface area contributed by atoms with E-state index in [2.05, 4.69) is 0 Å². The van der Waals surface area contributed by atoms with Crippen molar-refractivity contribution in [3.63, 3.8) is 0 Å². The summed E-state index contributed by atoms with van der Waals surface area (Å²) in [4.78, 5) is 12.2. The second-order valence-electron chi connectivity index (χ2n) is 4.39. The Morgan fingerprint density at radius 2 is 1.90 bits per heavy atom. The van der Waals surface area contributed by atoms with Crippen LogP contribution in [0.5, 0.6) is 17.2 Å². The molecule has 0 atom stereocenters. The summed E-state index contributed by atoms with van der Waals surface area (Å²) in [7, 11) is 1.56. The molecule has 1 aliphatic rings. The van der Waals surface area contributed by atoms with E-state index in [9.17, 15) is 9.90 Å². The maximum absolute atomic E-state index is 12.2. The van der Waals surface area contributed by atoms with Gasteiger partial charge in [-0.1, -0.05) is 12.1 Å². The van der Waals surface area contributed by atoms with E-state index in [1.807, 2.05) is 0 Å². The smallest absolute Gasteiger partial charge is 0.231 e. The fourth-order valence-electron chi connectivity index (χ4n) is 2.02. The number of fused-ring (bicyclic) bond motifs is 1. The number of allylic oxidation sites excluding steroid dienone is 1. The number of benzene rings is 2. The van der Waals surface area contributed by atoms with Crippen LogP contribution in [-0.4, -0.2) is 18.0 Å². The lowest BCUT2D eigenvalue weighted by Crippen LogP contribution is -1.97. The van der Waals surface area contributed by atoms with E-state index in [1.54, 1.807) is 55.7 Å². The van der Waals surface area contributed by atoms with Crippen molar-refractivity contribution in [2.45, 2.75) is 0 Å². The van der Waals surface area contributed by atoms with Gasteiger partial charge in [-0.15, -0.1) is 0 Å². The minimum Gasteiger partial charge on any atom is -0.508 e. The van der Waals surface area contributed by atoms with Crippen LogP contribution in [0.25, 0.3) is 6.08 Å². The topological polar surface area (TPSA) is 55.8 Å². The average Bonchev–Trinajstić information content (AvgIpc) is 2.77. The van der Waals surface area contributed by atoms with Gasteiger partial charge < -0.3 is 14.6 Å². The number of carbonyl (C=O) groups excluding carboxylic acids is 1. The van der Waals surface area contributed by atoms with Crippen LogP contribution in [0.2, 0.25) is 0 Å². The predicted molar refractivity (Wildman–Crippen MR) is 74.0 cm³/mol. The van der Waals surface area contributed by atoms with Gasteiger partial charge in [0.1, 0.15) is 17.2 Å². The summed E-state index contributed by atoms with van der Waals surface area (Å²) < 4.78 is 10.7. The first kappa shape index (κ1) is 12.3. The molecule has 1 aliphatic heterocycles. The molecule has 1 heterocycles. The van der Waals surface area contributed by atoms with E-state index in [1.165, 1.54) is 0 Å². The molecule has 0 spiro atoms. The summed E-state index contributed by atoms with van der Waals surface area (Å²) in [6, 6.07) is 11.6. The summed E-state index contributed by atoms with van der Waals surface area (Å²) in [5.41, 5.74) is 1.31. The van der Waals surface area contributed by atoms with Gasteiger partial charge in [-0.2, -0.15) is 0 Å². The second-order valence-corrected chi connectivity index (χ2v) is 4.39. The van der Waals surface area contributed by atoms with Crippen molar-refractivity contribution in [2.75, 3.05) is 7.11 Å². The van der Waals surface area contributed by atoms with Crippen LogP contribution in [0.3, 0.4) is 0 Å². The van der Waals surface area contributed by atoms with Crippen LogP contribution < -0.4 is 9.47 Å². The Morgan fingerprint density at radius 3 is 2.60 bits per heavy atom. The highest BCUT2D eigenvalue weighted by atomic mass is 16.5. The molecule has 0 fully saturated rings. The zero-order valence-electron chi connectivity index (χ0n) is 10.8. The van der Waals surface area contributed by atoms with Crippen molar-refractivity contribution in [2.24, 2.45) is 0 Å². The fraction of sp³-hybridized carbons (Fsp3) is 0.0625. The first-order valence-corrected chi connectivity index (χ1v) is 6.09. The molecule has 100 valence electrons. The largest absolute Gasteiger partial charge is 0.508 e. The molecule has 0 amide bonds. The molecule has 20 heavy (non-hydrogen) atoms. The Hall–Kier alpha value is -2.75. The van der Waals surface area contributed by atoms with Crippen molar-refractivity contribution >= 4 is 11.9 Å². The number of carbonyl (C=O) groups is 1. The molecule has 4 heteroatoms. The Labute approximate surface area is 115 Å². The van der Waals surface area contributed by atoms with Gasteiger partial charge in [-0.05, 0) is 35.9 Å². The number of aromatic hydroxyl groups is 1. The highest BCUT2D eigenvalue weighted by molar-refractivity contribution is 6.14. The number of Topliss-reactive ketones (excluding diaryl/α,β-unsaturated/α-hetero) is 1. The summed E-state index contributed by atoms with van der Waals surface area (Å²) >= 11 is 0. The third-order valence-corrected chi connectivity index (χ3v) is 3.07. The molecular formula is C16H12O4. The molecule has 0 bridgehead atoms. The van der Waals surface area contributed by atoms with Crippen molar-refractivity contribution in [1.29, 1.82) is 0 Å². The molecule has 0 radical (unpaired) electrons. The third kappa shape index (κ3) is 2.12. The Kier molecular flexibility index (Phi) is 2.91. The van der Waals surface area contributed by atoms with Crippen LogP contribution in [-0.2, 0) is 0 Å². The van der Waals surface area contributed by atoms with Crippen molar-refractivity contribution < 1.29 is 19.4 Å². The molecule has 3 rings (SSSR count). The number of ketones is 1. The maximum atomic E-state index is 12.2. The van der Waals surface area contributed by atoms with Gasteiger partial charge in [0.25, 0.3) is 0 Å². The van der Waals surface area contributed by atoms with Gasteiger partial charge in [-0.25, -0.2) is 0 Å². The van der Waals surface area contributed by atoms with E-state index >= 15 is 0 Å². The third-order valence-electron chi connectivity index (χ3n) is 3.07. The molecule has 2 aromatic rings. The lowest BCUT2D eigenvalue weighted by molar-refractivity contribution is 0.101. The van der Waals surface area contributed by atoms with E-state index in [-0.39, 0.29) is 17.3 Å². The molecule has 0 aromatic heterocycles. The molecular weight excluding hydrogens is 256 g/mol. The van der Waals surface area contributed by atoms with Gasteiger partial charge in [0.05, 0.1) is 12.7 Å². The standard InChI is InChI=1S/C16H12O4/c1-19-12-6-7-13-14(9-12)20-15(16(13)18)8-10-2-4-11(17)5-3-10/h2-9,17H,1H3/b15-8+. The summed E-state index contributed by atoms with van der Waals surface area (Å²) in [5.74, 6) is 1.43. The lowest BCUT2D eigenvalue weighted by atomic mass is 10.1. The Balaban J connectivity index is 1.94. The number of methoxy groups -OCH3 is 1. The first-order chi connectivity index (χ1) is 9.67. The summed E-state index contributed by atoms with van der Waals surface area (Å²) in [6.07, 6.45) is 1.65. The normalized spacial score (nSPS) is 15.1. The van der Waals surface area contributed by atoms with E-state index in [4.69, 9.17) is 9.47 Å². The van der Waals surface area contributed by atoms with Gasteiger partial charge >= 0.3 is 0 Å². The minimum atomic E-state index is -0.157. The molecule has 0 aliphatic carbocycles. The van der Waals surface area contributed by atoms with Gasteiger partial charge in [0.15, 0.2) is 5.76 Å². The van der Waals surface area contributed by atoms with Crippen molar-refractivity contribution in [3.05, 3.63) is 59.4 Å². The number of rotatable bonds is 2. The average molecular weight is 268 g/mol. The highest BCUT2D eigenvalue weighted by Gasteiger charge is 2.27. The van der Waals surface area contributed by atoms with E-state index in [0.29, 0.717) is 17.1 Å². The number of phenols is 1. The zero-order chi connectivity index (χ0) is 14.1. The monoisotopic (exact) mass is 268 g/mol. The minimum absolute atomic E-state index is 0.157. The number of ether oxygens (including phenoxy) is 2. The number of phenolic OH excluding ortho intramolecular Hbond substituents is 1. The van der Waals surface area contributed by atoms with Crippen LogP contribution in [0.15, 0.2) is 48.2 Å². The SMILES string of the molecule is COc1ccc2c(c1)O/C(=C/c1ccc(O)cc1)C2=O. The van der Waals surface area contributed by atoms with Gasteiger partial charge in [-0.3, -0.25) is 4.79 Å². The highest BCUT2D eigenvalue weighted by Crippen LogP contribution is 2.34. The summed E-state index contributed by atoms with van der Waals surface area (Å²) in [6.45, 7) is 0. The van der Waals surface area contributed by atoms with E-state index < -0.39 is 0 Å². The van der Waals surface area contributed by atoms with Crippen LogP contribution >= 0.6 is 0 Å². The van der Waals surface area contributed by atoms with Crippen LogP contribution in [0.1, 0.15) is 15.9 Å². The predicted octanol–water partition coefficient (Wildman–Crippen LogP) is 3.02. The van der Waals surface area contributed by atoms with Crippen LogP contribution in [0, 0.1) is 0 Å². The Morgan fingerprint density at radius 1 is 1.15 bits per heavy atom. The number of hydrogen-bond donors (Lipinski definition) is 1. The first-order valence-electron chi connectivity index (χ1n) is 6.09. The summed E-state index contributed by atoms with van der Waals surface area (Å²) in [5, 5.41) is 9.24. The van der Waals surface area contributed by atoms with Crippen molar-refractivity contribution in [3.8, 4) is 17.2 Å². The molecule has 1 N–H and O–H groups in total. The quantitative estimate of drug-likeness (QED) is 0.851. The zero-order valence-corrected chi connectivity index (χ0v) is 10.8. The molecule has 0 saturated heterocycles. The molecule has 0 saturated carbocycles. The van der Waals surface area contributed by atoms with E-state index in [0.717, 1.165) is 5.56 Å². The maximum Gasteiger partial charge on any atom is 0.231 e. The van der Waals surface area contributed by atoms with Crippen LogP contribution in [0.4, 0.5) is 0 Å². The number of hydrogen-bond acceptors (Lipinski definition) is 4. The van der Waals surface area contributed by atoms with Gasteiger partial charge in [0.2, 0.25) is 5.78 Å². The lowest BCUT2D eigenvalue weighted by Gasteiger charge is -2.01.